The van der Waals surface area contributed by atoms with E-state index in [1.165, 1.54) is 6.92 Å². The van der Waals surface area contributed by atoms with Gasteiger partial charge >= 0.3 is 6.18 Å². The van der Waals surface area contributed by atoms with Crippen LogP contribution >= 0.6 is 0 Å². The number of hydrogen-bond acceptors (Lipinski definition) is 2. The lowest BCUT2D eigenvalue weighted by atomic mass is 10.2. The van der Waals surface area contributed by atoms with E-state index in [4.69, 9.17) is 0 Å². The van der Waals surface area contributed by atoms with Gasteiger partial charge in [-0.25, -0.2) is 0 Å². The summed E-state index contributed by atoms with van der Waals surface area (Å²) in [5.41, 5.74) is 0. The number of likely N-dealkylation sites (tertiary alicyclic amines) is 1. The van der Waals surface area contributed by atoms with Crippen molar-refractivity contribution >= 4 is 5.91 Å². The molecular formula is C13H23F3N2O. The van der Waals surface area contributed by atoms with Crippen molar-refractivity contribution < 1.29 is 18.0 Å². The van der Waals surface area contributed by atoms with Crippen LogP contribution in [0.15, 0.2) is 0 Å². The van der Waals surface area contributed by atoms with Crippen LogP contribution in [0, 0.1) is 0 Å². The molecule has 0 spiro atoms. The summed E-state index contributed by atoms with van der Waals surface area (Å²) in [6, 6.07) is -1.30. The van der Waals surface area contributed by atoms with Gasteiger partial charge in [-0.2, -0.15) is 13.2 Å². The smallest absolute Gasteiger partial charge is 0.341 e. The summed E-state index contributed by atoms with van der Waals surface area (Å²) < 4.78 is 36.7. The molecule has 0 aliphatic carbocycles. The molecule has 1 saturated heterocycles. The lowest BCUT2D eigenvalue weighted by Gasteiger charge is -2.27. The topological polar surface area (TPSA) is 32.3 Å². The van der Waals surface area contributed by atoms with Crippen LogP contribution in [-0.2, 0) is 4.79 Å². The number of carbonyl (C=O) groups is 1. The zero-order valence-corrected chi connectivity index (χ0v) is 11.6. The Balaban J connectivity index is 2.42. The highest BCUT2D eigenvalue weighted by Crippen LogP contribution is 2.21. The fourth-order valence-electron chi connectivity index (χ4n) is 2.47. The van der Waals surface area contributed by atoms with E-state index in [0.29, 0.717) is 0 Å². The van der Waals surface area contributed by atoms with Gasteiger partial charge < -0.3 is 10.2 Å². The van der Waals surface area contributed by atoms with Crippen molar-refractivity contribution in [2.45, 2.75) is 64.2 Å². The Kier molecular flexibility index (Phi) is 6.10. The first-order chi connectivity index (χ1) is 8.79. The third-order valence-electron chi connectivity index (χ3n) is 3.36. The van der Waals surface area contributed by atoms with E-state index in [1.807, 2.05) is 0 Å². The lowest BCUT2D eigenvalue weighted by Crippen LogP contribution is -2.48. The summed E-state index contributed by atoms with van der Waals surface area (Å²) in [7, 11) is 0. The van der Waals surface area contributed by atoms with Crippen LogP contribution in [0.3, 0.4) is 0 Å². The highest BCUT2D eigenvalue weighted by Gasteiger charge is 2.31. The number of amides is 1. The largest absolute Gasteiger partial charge is 0.390 e. The lowest BCUT2D eigenvalue weighted by molar-refractivity contribution is -0.142. The molecule has 1 aliphatic rings. The van der Waals surface area contributed by atoms with Crippen molar-refractivity contribution in [2.24, 2.45) is 0 Å². The van der Waals surface area contributed by atoms with Gasteiger partial charge in [0.05, 0.1) is 12.5 Å². The number of halogens is 3. The molecule has 1 amide bonds. The van der Waals surface area contributed by atoms with Crippen LogP contribution in [0.25, 0.3) is 0 Å². The van der Waals surface area contributed by atoms with Crippen LogP contribution in [-0.4, -0.2) is 42.2 Å². The monoisotopic (exact) mass is 280 g/mol. The molecule has 0 aromatic carbocycles. The summed E-state index contributed by atoms with van der Waals surface area (Å²) in [6.07, 6.45) is -0.901. The van der Waals surface area contributed by atoms with E-state index in [1.54, 1.807) is 11.8 Å². The zero-order chi connectivity index (χ0) is 14.5. The van der Waals surface area contributed by atoms with E-state index in [9.17, 15) is 18.0 Å². The maximum absolute atomic E-state index is 12.2. The van der Waals surface area contributed by atoms with E-state index in [-0.39, 0.29) is 5.91 Å². The standard InChI is InChI=1S/C13H23F3N2O/c1-10(9-13(14,15)16)17-11(2)12(19)18-7-5-3-4-6-8-18/h10-11,17H,3-9H2,1-2H3. The molecule has 0 aromatic rings. The highest BCUT2D eigenvalue weighted by atomic mass is 19.4. The fourth-order valence-corrected chi connectivity index (χ4v) is 2.47. The van der Waals surface area contributed by atoms with Crippen LogP contribution in [0.5, 0.6) is 0 Å². The van der Waals surface area contributed by atoms with Crippen LogP contribution in [0.1, 0.15) is 46.0 Å². The van der Waals surface area contributed by atoms with Crippen LogP contribution in [0.4, 0.5) is 13.2 Å². The summed E-state index contributed by atoms with van der Waals surface area (Å²) in [4.78, 5) is 13.9. The van der Waals surface area contributed by atoms with E-state index >= 15 is 0 Å². The minimum absolute atomic E-state index is 0.0871. The molecule has 0 bridgehead atoms. The quantitative estimate of drug-likeness (QED) is 0.858. The van der Waals surface area contributed by atoms with Crippen molar-refractivity contribution in [1.29, 1.82) is 0 Å². The number of rotatable bonds is 4. The van der Waals surface area contributed by atoms with Gasteiger partial charge in [0, 0.05) is 19.1 Å². The van der Waals surface area contributed by atoms with Crippen LogP contribution < -0.4 is 5.32 Å². The second kappa shape index (κ2) is 7.12. The maximum Gasteiger partial charge on any atom is 0.390 e. The first-order valence-corrected chi connectivity index (χ1v) is 6.91. The second-order valence-corrected chi connectivity index (χ2v) is 5.35. The fraction of sp³-hybridized carbons (Fsp3) is 0.923. The van der Waals surface area contributed by atoms with E-state index in [0.717, 1.165) is 38.8 Å². The van der Waals surface area contributed by atoms with Crippen molar-refractivity contribution in [3.63, 3.8) is 0 Å². The van der Waals surface area contributed by atoms with Gasteiger partial charge in [-0.1, -0.05) is 12.8 Å². The first-order valence-electron chi connectivity index (χ1n) is 6.91. The van der Waals surface area contributed by atoms with Gasteiger partial charge in [0.15, 0.2) is 0 Å². The molecule has 3 nitrogen and oxygen atoms in total. The molecule has 1 rings (SSSR count). The molecule has 0 saturated carbocycles. The molecule has 112 valence electrons. The SMILES string of the molecule is CC(CC(F)(F)F)NC(C)C(=O)N1CCCCCC1. The van der Waals surface area contributed by atoms with Crippen molar-refractivity contribution in [3.05, 3.63) is 0 Å². The predicted molar refractivity (Wildman–Crippen MR) is 67.8 cm³/mol. The minimum atomic E-state index is -4.20. The average Bonchev–Trinajstić information content (AvgIpc) is 2.53. The molecular weight excluding hydrogens is 257 g/mol. The first kappa shape index (κ1) is 16.3. The van der Waals surface area contributed by atoms with Crippen LogP contribution in [0.2, 0.25) is 0 Å². The summed E-state index contributed by atoms with van der Waals surface area (Å²) in [5, 5.41) is 2.74. The molecule has 0 radical (unpaired) electrons. The number of hydrogen-bond donors (Lipinski definition) is 1. The average molecular weight is 280 g/mol. The molecule has 0 aromatic heterocycles. The van der Waals surface area contributed by atoms with Gasteiger partial charge in [0.2, 0.25) is 5.91 Å². The van der Waals surface area contributed by atoms with Gasteiger partial charge in [-0.15, -0.1) is 0 Å². The normalized spacial score (nSPS) is 20.8. The van der Waals surface area contributed by atoms with Gasteiger partial charge in [-0.05, 0) is 26.7 Å². The number of nitrogens with one attached hydrogen (secondary N) is 1. The highest BCUT2D eigenvalue weighted by molar-refractivity contribution is 5.81. The Labute approximate surface area is 112 Å². The third-order valence-corrected chi connectivity index (χ3v) is 3.36. The van der Waals surface area contributed by atoms with E-state index in [2.05, 4.69) is 5.32 Å². The summed E-state index contributed by atoms with van der Waals surface area (Å²) >= 11 is 0. The molecule has 6 heteroatoms. The number of nitrogens with zero attached hydrogens (tertiary/aromatic N) is 1. The molecule has 2 unspecified atom stereocenters. The Hall–Kier alpha value is -0.780. The maximum atomic E-state index is 12.2. The third kappa shape index (κ3) is 6.27. The molecule has 1 fully saturated rings. The second-order valence-electron chi connectivity index (χ2n) is 5.35. The number of carbonyl (C=O) groups excluding carboxylic acids is 1. The Bertz CT molecular complexity index is 286. The molecule has 1 heterocycles. The summed E-state index contributed by atoms with van der Waals surface area (Å²) in [6.45, 7) is 4.54. The Morgan fingerprint density at radius 2 is 1.68 bits per heavy atom. The van der Waals surface area contributed by atoms with Crippen molar-refractivity contribution in [1.82, 2.24) is 10.2 Å². The molecule has 2 atom stereocenters. The van der Waals surface area contributed by atoms with Gasteiger partial charge in [-0.3, -0.25) is 4.79 Å². The Morgan fingerprint density at radius 1 is 1.16 bits per heavy atom. The van der Waals surface area contributed by atoms with E-state index < -0.39 is 24.7 Å². The predicted octanol–water partition coefficient (Wildman–Crippen LogP) is 2.71. The van der Waals surface area contributed by atoms with Crippen molar-refractivity contribution in [2.75, 3.05) is 13.1 Å². The van der Waals surface area contributed by atoms with Gasteiger partial charge in [0.25, 0.3) is 0 Å². The summed E-state index contributed by atoms with van der Waals surface area (Å²) in [5.74, 6) is -0.0871. The van der Waals surface area contributed by atoms with Crippen molar-refractivity contribution in [3.8, 4) is 0 Å². The minimum Gasteiger partial charge on any atom is -0.341 e. The molecule has 1 aliphatic heterocycles. The molecule has 1 N–H and O–H groups in total. The zero-order valence-electron chi connectivity index (χ0n) is 11.6. The molecule has 19 heavy (non-hydrogen) atoms. The Morgan fingerprint density at radius 3 is 2.16 bits per heavy atom. The van der Waals surface area contributed by atoms with Gasteiger partial charge in [0.1, 0.15) is 0 Å². The number of alkyl halides is 3.